The van der Waals surface area contributed by atoms with Crippen molar-refractivity contribution in [2.75, 3.05) is 13.7 Å². The molecule has 0 spiro atoms. The van der Waals surface area contributed by atoms with Crippen molar-refractivity contribution in [3.05, 3.63) is 23.8 Å². The van der Waals surface area contributed by atoms with E-state index in [4.69, 9.17) is 15.2 Å². The summed E-state index contributed by atoms with van der Waals surface area (Å²) in [6.45, 7) is 0.646. The summed E-state index contributed by atoms with van der Waals surface area (Å²) in [6, 6.07) is 6.02. The first-order valence-corrected chi connectivity index (χ1v) is 6.87. The summed E-state index contributed by atoms with van der Waals surface area (Å²) in [5.74, 6) is 1.80. The summed E-state index contributed by atoms with van der Waals surface area (Å²) in [5, 5.41) is 0. The van der Waals surface area contributed by atoms with E-state index >= 15 is 0 Å². The Kier molecular flexibility index (Phi) is 4.88. The van der Waals surface area contributed by atoms with Crippen LogP contribution in [0.1, 0.15) is 37.7 Å². The van der Waals surface area contributed by atoms with Gasteiger partial charge >= 0.3 is 0 Å². The summed E-state index contributed by atoms with van der Waals surface area (Å²) < 4.78 is 11.4. The first kappa shape index (κ1) is 13.2. The lowest BCUT2D eigenvalue weighted by Gasteiger charge is -2.24. The fourth-order valence-corrected chi connectivity index (χ4v) is 2.50. The van der Waals surface area contributed by atoms with Crippen LogP contribution in [-0.4, -0.2) is 19.8 Å². The minimum atomic E-state index is 0.363. The van der Waals surface area contributed by atoms with Gasteiger partial charge < -0.3 is 15.2 Å². The standard InChI is InChI=1S/C15H23NO2/c1-17-14-8-7-12(9-10-16)15(11-14)18-13-5-3-2-4-6-13/h7-8,11,13H,2-6,9-10,16H2,1H3. The number of methoxy groups -OCH3 is 1. The van der Waals surface area contributed by atoms with Gasteiger partial charge in [0.2, 0.25) is 0 Å². The lowest BCUT2D eigenvalue weighted by Crippen LogP contribution is -2.20. The maximum atomic E-state index is 6.15. The zero-order valence-corrected chi connectivity index (χ0v) is 11.2. The Morgan fingerprint density at radius 1 is 1.22 bits per heavy atom. The Bertz CT molecular complexity index is 373. The van der Waals surface area contributed by atoms with Crippen LogP contribution >= 0.6 is 0 Å². The van der Waals surface area contributed by atoms with E-state index in [9.17, 15) is 0 Å². The number of hydrogen-bond acceptors (Lipinski definition) is 3. The molecule has 1 saturated carbocycles. The van der Waals surface area contributed by atoms with Gasteiger partial charge in [-0.15, -0.1) is 0 Å². The molecule has 0 unspecified atom stereocenters. The van der Waals surface area contributed by atoms with Crippen molar-refractivity contribution < 1.29 is 9.47 Å². The zero-order valence-electron chi connectivity index (χ0n) is 11.2. The Hall–Kier alpha value is -1.22. The smallest absolute Gasteiger partial charge is 0.126 e. The van der Waals surface area contributed by atoms with E-state index in [-0.39, 0.29) is 0 Å². The fourth-order valence-electron chi connectivity index (χ4n) is 2.50. The van der Waals surface area contributed by atoms with Gasteiger partial charge in [-0.3, -0.25) is 0 Å². The van der Waals surface area contributed by atoms with E-state index in [0.717, 1.165) is 17.9 Å². The molecule has 0 radical (unpaired) electrons. The molecule has 0 heterocycles. The summed E-state index contributed by atoms with van der Waals surface area (Å²) >= 11 is 0. The van der Waals surface area contributed by atoms with Crippen LogP contribution in [0.15, 0.2) is 18.2 Å². The summed E-state index contributed by atoms with van der Waals surface area (Å²) in [6.07, 6.45) is 7.45. The SMILES string of the molecule is COc1ccc(CCN)c(OC2CCCCC2)c1. The molecule has 0 aliphatic heterocycles. The van der Waals surface area contributed by atoms with E-state index in [0.29, 0.717) is 12.6 Å². The van der Waals surface area contributed by atoms with Gasteiger partial charge in [0, 0.05) is 6.07 Å². The number of nitrogens with two attached hydrogens (primary N) is 1. The monoisotopic (exact) mass is 249 g/mol. The molecule has 18 heavy (non-hydrogen) atoms. The normalized spacial score (nSPS) is 16.6. The van der Waals surface area contributed by atoms with Crippen LogP contribution in [0.25, 0.3) is 0 Å². The lowest BCUT2D eigenvalue weighted by atomic mass is 9.97. The van der Waals surface area contributed by atoms with Crippen LogP contribution < -0.4 is 15.2 Å². The highest BCUT2D eigenvalue weighted by Crippen LogP contribution is 2.29. The van der Waals surface area contributed by atoms with E-state index < -0.39 is 0 Å². The highest BCUT2D eigenvalue weighted by Gasteiger charge is 2.16. The number of ether oxygens (including phenoxy) is 2. The average Bonchev–Trinajstić information content (AvgIpc) is 2.42. The van der Waals surface area contributed by atoms with Crippen LogP contribution in [-0.2, 0) is 6.42 Å². The molecule has 1 aliphatic rings. The van der Waals surface area contributed by atoms with Gasteiger partial charge in [-0.1, -0.05) is 12.5 Å². The number of hydrogen-bond donors (Lipinski definition) is 1. The molecule has 2 rings (SSSR count). The second-order valence-corrected chi connectivity index (χ2v) is 4.89. The van der Waals surface area contributed by atoms with Crippen molar-refractivity contribution in [1.82, 2.24) is 0 Å². The Morgan fingerprint density at radius 3 is 2.67 bits per heavy atom. The molecule has 3 nitrogen and oxygen atoms in total. The largest absolute Gasteiger partial charge is 0.497 e. The molecular weight excluding hydrogens is 226 g/mol. The van der Waals surface area contributed by atoms with E-state index in [1.807, 2.05) is 12.1 Å². The van der Waals surface area contributed by atoms with E-state index in [2.05, 4.69) is 6.07 Å². The zero-order chi connectivity index (χ0) is 12.8. The van der Waals surface area contributed by atoms with Crippen molar-refractivity contribution in [3.8, 4) is 11.5 Å². The van der Waals surface area contributed by atoms with Gasteiger partial charge in [-0.05, 0) is 50.3 Å². The van der Waals surface area contributed by atoms with E-state index in [1.54, 1.807) is 7.11 Å². The maximum absolute atomic E-state index is 6.15. The maximum Gasteiger partial charge on any atom is 0.126 e. The lowest BCUT2D eigenvalue weighted by molar-refractivity contribution is 0.153. The van der Waals surface area contributed by atoms with Gasteiger partial charge in [0.25, 0.3) is 0 Å². The molecule has 0 bridgehead atoms. The molecule has 3 heteroatoms. The molecule has 0 saturated heterocycles. The van der Waals surface area contributed by atoms with Crippen LogP contribution in [0.5, 0.6) is 11.5 Å². The molecule has 2 N–H and O–H groups in total. The molecule has 1 aromatic rings. The van der Waals surface area contributed by atoms with Crippen molar-refractivity contribution in [3.63, 3.8) is 0 Å². The second-order valence-electron chi connectivity index (χ2n) is 4.89. The topological polar surface area (TPSA) is 44.5 Å². The van der Waals surface area contributed by atoms with Crippen LogP contribution in [0.4, 0.5) is 0 Å². The Balaban J connectivity index is 2.11. The van der Waals surface area contributed by atoms with Crippen molar-refractivity contribution in [2.45, 2.75) is 44.6 Å². The van der Waals surface area contributed by atoms with Crippen LogP contribution in [0, 0.1) is 0 Å². The van der Waals surface area contributed by atoms with Gasteiger partial charge in [-0.25, -0.2) is 0 Å². The molecular formula is C15H23NO2. The average molecular weight is 249 g/mol. The molecule has 1 aliphatic carbocycles. The Labute approximate surface area is 109 Å². The Morgan fingerprint density at radius 2 is 2.00 bits per heavy atom. The third-order valence-corrected chi connectivity index (χ3v) is 3.53. The molecule has 1 fully saturated rings. The first-order chi connectivity index (χ1) is 8.83. The van der Waals surface area contributed by atoms with Crippen LogP contribution in [0.2, 0.25) is 0 Å². The van der Waals surface area contributed by atoms with Crippen molar-refractivity contribution in [1.29, 1.82) is 0 Å². The predicted octanol–water partition coefficient (Wildman–Crippen LogP) is 2.91. The molecule has 0 amide bonds. The first-order valence-electron chi connectivity index (χ1n) is 6.87. The van der Waals surface area contributed by atoms with Gasteiger partial charge in [0.05, 0.1) is 13.2 Å². The second kappa shape index (κ2) is 6.64. The third kappa shape index (κ3) is 3.39. The van der Waals surface area contributed by atoms with Crippen molar-refractivity contribution >= 4 is 0 Å². The molecule has 100 valence electrons. The number of rotatable bonds is 5. The quantitative estimate of drug-likeness (QED) is 0.872. The third-order valence-electron chi connectivity index (χ3n) is 3.53. The fraction of sp³-hybridized carbons (Fsp3) is 0.600. The molecule has 0 atom stereocenters. The van der Waals surface area contributed by atoms with Crippen LogP contribution in [0.3, 0.4) is 0 Å². The number of benzene rings is 1. The van der Waals surface area contributed by atoms with E-state index in [1.165, 1.54) is 37.7 Å². The summed E-state index contributed by atoms with van der Waals surface area (Å²) in [7, 11) is 1.68. The van der Waals surface area contributed by atoms with Gasteiger partial charge in [0.15, 0.2) is 0 Å². The van der Waals surface area contributed by atoms with Crippen molar-refractivity contribution in [2.24, 2.45) is 5.73 Å². The summed E-state index contributed by atoms with van der Waals surface area (Å²) in [4.78, 5) is 0. The molecule has 0 aromatic heterocycles. The minimum Gasteiger partial charge on any atom is -0.497 e. The van der Waals surface area contributed by atoms with Gasteiger partial charge in [0.1, 0.15) is 11.5 Å². The van der Waals surface area contributed by atoms with Gasteiger partial charge in [-0.2, -0.15) is 0 Å². The highest BCUT2D eigenvalue weighted by atomic mass is 16.5. The highest BCUT2D eigenvalue weighted by molar-refractivity contribution is 5.41. The predicted molar refractivity (Wildman–Crippen MR) is 73.3 cm³/mol. The minimum absolute atomic E-state index is 0.363. The summed E-state index contributed by atoms with van der Waals surface area (Å²) in [5.41, 5.74) is 6.83. The molecule has 1 aromatic carbocycles.